The van der Waals surface area contributed by atoms with Crippen LogP contribution >= 0.6 is 11.6 Å². The molecule has 0 aliphatic rings. The Kier molecular flexibility index (Phi) is 6.66. The van der Waals surface area contributed by atoms with E-state index in [1.807, 2.05) is 19.1 Å². The number of rotatable bonds is 6. The van der Waals surface area contributed by atoms with Crippen LogP contribution in [0.3, 0.4) is 0 Å². The van der Waals surface area contributed by atoms with E-state index in [4.69, 9.17) is 21.1 Å². The molecule has 144 valence electrons. The quantitative estimate of drug-likeness (QED) is 0.508. The minimum absolute atomic E-state index is 0.0107. The third-order valence-corrected chi connectivity index (χ3v) is 4.43. The van der Waals surface area contributed by atoms with Crippen molar-refractivity contribution < 1.29 is 19.1 Å². The average molecular weight is 389 g/mol. The highest BCUT2D eigenvalue weighted by molar-refractivity contribution is 6.30. The molecule has 0 saturated carbocycles. The third-order valence-electron chi connectivity index (χ3n) is 4.20. The predicted octanol–water partition coefficient (Wildman–Crippen LogP) is 5.14. The van der Waals surface area contributed by atoms with Gasteiger partial charge in [0.15, 0.2) is 12.7 Å². The lowest BCUT2D eigenvalue weighted by molar-refractivity contribution is -0.148. The molecular weight excluding hydrogens is 364 g/mol. The van der Waals surface area contributed by atoms with E-state index in [0.29, 0.717) is 16.3 Å². The van der Waals surface area contributed by atoms with E-state index in [1.54, 1.807) is 37.3 Å². The largest absolute Gasteiger partial charge is 0.482 e. The maximum atomic E-state index is 12.5. The van der Waals surface area contributed by atoms with Gasteiger partial charge in [-0.25, -0.2) is 4.79 Å². The molecule has 0 fully saturated rings. The minimum Gasteiger partial charge on any atom is -0.482 e. The zero-order chi connectivity index (χ0) is 20.2. The molecule has 0 unspecified atom stereocenters. The van der Waals surface area contributed by atoms with Crippen LogP contribution in [0, 0.1) is 6.92 Å². The molecule has 2 rings (SSSR count). The van der Waals surface area contributed by atoms with Gasteiger partial charge in [0.25, 0.3) is 0 Å². The molecule has 27 heavy (non-hydrogen) atoms. The Bertz CT molecular complexity index is 819. The van der Waals surface area contributed by atoms with Gasteiger partial charge >= 0.3 is 5.97 Å². The molecule has 0 amide bonds. The fourth-order valence-electron chi connectivity index (χ4n) is 2.57. The smallest absolute Gasteiger partial charge is 0.344 e. The minimum atomic E-state index is -0.882. The summed E-state index contributed by atoms with van der Waals surface area (Å²) < 4.78 is 10.7. The van der Waals surface area contributed by atoms with Gasteiger partial charge < -0.3 is 9.47 Å². The number of hydrogen-bond acceptors (Lipinski definition) is 4. The molecule has 0 spiro atoms. The summed E-state index contributed by atoms with van der Waals surface area (Å²) in [5.74, 6) is -0.295. The number of hydrogen-bond donors (Lipinski definition) is 0. The van der Waals surface area contributed by atoms with Gasteiger partial charge in [-0.3, -0.25) is 4.79 Å². The zero-order valence-corrected chi connectivity index (χ0v) is 17.1. The van der Waals surface area contributed by atoms with Crippen LogP contribution in [-0.4, -0.2) is 24.5 Å². The molecule has 0 aromatic heterocycles. The number of carbonyl (C=O) groups excluding carboxylic acids is 2. The number of ketones is 1. The highest BCUT2D eigenvalue weighted by Crippen LogP contribution is 2.23. The van der Waals surface area contributed by atoms with Gasteiger partial charge in [-0.1, -0.05) is 56.6 Å². The molecule has 1 atom stereocenters. The molecule has 5 heteroatoms. The summed E-state index contributed by atoms with van der Waals surface area (Å²) in [6.45, 7) is 9.44. The number of carbonyl (C=O) groups is 2. The SMILES string of the molecule is Cc1cc(Cl)ccc1OCC(=O)O[C@H](C)C(=O)c1ccc(C(C)(C)C)cc1. The summed E-state index contributed by atoms with van der Waals surface area (Å²) >= 11 is 5.89. The van der Waals surface area contributed by atoms with Crippen LogP contribution in [0.4, 0.5) is 0 Å². The van der Waals surface area contributed by atoms with Gasteiger partial charge in [-0.05, 0) is 48.6 Å². The first-order valence-electron chi connectivity index (χ1n) is 8.81. The van der Waals surface area contributed by atoms with Crippen LogP contribution in [-0.2, 0) is 14.9 Å². The van der Waals surface area contributed by atoms with E-state index in [9.17, 15) is 9.59 Å². The van der Waals surface area contributed by atoms with E-state index in [0.717, 1.165) is 11.1 Å². The number of Topliss-reactive ketones (excluding diaryl/α,β-unsaturated/α-hetero) is 1. The molecule has 2 aromatic carbocycles. The van der Waals surface area contributed by atoms with E-state index >= 15 is 0 Å². The number of aryl methyl sites for hydroxylation is 1. The van der Waals surface area contributed by atoms with Crippen LogP contribution in [0.5, 0.6) is 5.75 Å². The number of benzene rings is 2. The second kappa shape index (κ2) is 8.57. The summed E-state index contributed by atoms with van der Waals surface area (Å²) in [6.07, 6.45) is -0.882. The maximum absolute atomic E-state index is 12.5. The highest BCUT2D eigenvalue weighted by Gasteiger charge is 2.21. The predicted molar refractivity (Wildman–Crippen MR) is 107 cm³/mol. The molecule has 0 bridgehead atoms. The summed E-state index contributed by atoms with van der Waals surface area (Å²) in [5, 5.41) is 0.596. The first kappa shape index (κ1) is 21.0. The first-order chi connectivity index (χ1) is 12.6. The van der Waals surface area contributed by atoms with Crippen molar-refractivity contribution in [3.05, 3.63) is 64.2 Å². The molecule has 0 aliphatic carbocycles. The third kappa shape index (κ3) is 5.83. The standard InChI is InChI=1S/C22H25ClO4/c1-14-12-18(23)10-11-19(14)26-13-20(24)27-15(2)21(25)16-6-8-17(9-7-16)22(3,4)5/h6-12,15H,13H2,1-5H3/t15-/m1/s1. The van der Waals surface area contributed by atoms with Crippen LogP contribution in [0.25, 0.3) is 0 Å². The van der Waals surface area contributed by atoms with Crippen molar-refractivity contribution in [1.29, 1.82) is 0 Å². The molecule has 0 N–H and O–H groups in total. The summed E-state index contributed by atoms with van der Waals surface area (Å²) in [6, 6.07) is 12.5. The van der Waals surface area contributed by atoms with Crippen LogP contribution in [0.2, 0.25) is 5.02 Å². The topological polar surface area (TPSA) is 52.6 Å². The summed E-state index contributed by atoms with van der Waals surface area (Å²) in [5.41, 5.74) is 2.48. The van der Waals surface area contributed by atoms with Gasteiger partial charge in [0, 0.05) is 10.6 Å². The molecule has 4 nitrogen and oxygen atoms in total. The van der Waals surface area contributed by atoms with Crippen molar-refractivity contribution in [3.8, 4) is 5.75 Å². The van der Waals surface area contributed by atoms with Gasteiger partial charge in [0.2, 0.25) is 5.78 Å². The maximum Gasteiger partial charge on any atom is 0.344 e. The van der Waals surface area contributed by atoms with Crippen molar-refractivity contribution >= 4 is 23.4 Å². The second-order valence-corrected chi connectivity index (χ2v) is 7.96. The zero-order valence-electron chi connectivity index (χ0n) is 16.3. The Morgan fingerprint density at radius 1 is 1.07 bits per heavy atom. The molecule has 0 saturated heterocycles. The Labute approximate surface area is 165 Å². The van der Waals surface area contributed by atoms with Crippen molar-refractivity contribution in [2.45, 2.75) is 46.1 Å². The van der Waals surface area contributed by atoms with Gasteiger partial charge in [0.05, 0.1) is 0 Å². The van der Waals surface area contributed by atoms with E-state index < -0.39 is 12.1 Å². The van der Waals surface area contributed by atoms with Crippen LogP contribution in [0.1, 0.15) is 49.2 Å². The Morgan fingerprint density at radius 3 is 2.26 bits per heavy atom. The molecule has 0 radical (unpaired) electrons. The fourth-order valence-corrected chi connectivity index (χ4v) is 2.79. The van der Waals surface area contributed by atoms with Gasteiger partial charge in [0.1, 0.15) is 5.75 Å². The van der Waals surface area contributed by atoms with Gasteiger partial charge in [-0.2, -0.15) is 0 Å². The fraction of sp³-hybridized carbons (Fsp3) is 0.364. The summed E-state index contributed by atoms with van der Waals surface area (Å²) in [7, 11) is 0. The number of esters is 1. The van der Waals surface area contributed by atoms with E-state index in [-0.39, 0.29) is 17.8 Å². The lowest BCUT2D eigenvalue weighted by Crippen LogP contribution is -2.27. The van der Waals surface area contributed by atoms with Crippen molar-refractivity contribution in [3.63, 3.8) is 0 Å². The Balaban J connectivity index is 1.92. The highest BCUT2D eigenvalue weighted by atomic mass is 35.5. The second-order valence-electron chi connectivity index (χ2n) is 7.52. The van der Waals surface area contributed by atoms with E-state index in [2.05, 4.69) is 20.8 Å². The Morgan fingerprint density at radius 2 is 1.70 bits per heavy atom. The number of halogens is 1. The lowest BCUT2D eigenvalue weighted by atomic mass is 9.86. The van der Waals surface area contributed by atoms with Crippen molar-refractivity contribution in [2.24, 2.45) is 0 Å². The molecule has 2 aromatic rings. The normalized spacial score (nSPS) is 12.4. The first-order valence-corrected chi connectivity index (χ1v) is 9.19. The van der Waals surface area contributed by atoms with Gasteiger partial charge in [-0.15, -0.1) is 0 Å². The molecule has 0 heterocycles. The van der Waals surface area contributed by atoms with Crippen molar-refractivity contribution in [1.82, 2.24) is 0 Å². The monoisotopic (exact) mass is 388 g/mol. The molecule has 0 aliphatic heterocycles. The van der Waals surface area contributed by atoms with Crippen LogP contribution in [0.15, 0.2) is 42.5 Å². The Hall–Kier alpha value is -2.33. The van der Waals surface area contributed by atoms with E-state index in [1.165, 1.54) is 0 Å². The average Bonchev–Trinajstić information content (AvgIpc) is 2.59. The van der Waals surface area contributed by atoms with Crippen molar-refractivity contribution in [2.75, 3.05) is 6.61 Å². The molecular formula is C22H25ClO4. The lowest BCUT2D eigenvalue weighted by Gasteiger charge is -2.19. The number of ether oxygens (including phenoxy) is 2. The summed E-state index contributed by atoms with van der Waals surface area (Å²) in [4.78, 5) is 24.5. The van der Waals surface area contributed by atoms with Crippen LogP contribution < -0.4 is 4.74 Å².